The molecule has 2 rings (SSSR count). The molecule has 0 amide bonds. The lowest BCUT2D eigenvalue weighted by atomic mass is 9.86. The maximum absolute atomic E-state index is 5.89. The highest BCUT2D eigenvalue weighted by Crippen LogP contribution is 2.27. The zero-order valence-corrected chi connectivity index (χ0v) is 8.93. The van der Waals surface area contributed by atoms with Crippen LogP contribution in [0, 0.1) is 0 Å². The van der Waals surface area contributed by atoms with E-state index in [-0.39, 0.29) is 18.2 Å². The van der Waals surface area contributed by atoms with Gasteiger partial charge in [0.1, 0.15) is 11.9 Å². The quantitative estimate of drug-likeness (QED) is 0.815. The summed E-state index contributed by atoms with van der Waals surface area (Å²) in [5.41, 5.74) is 5.89. The van der Waals surface area contributed by atoms with Crippen molar-refractivity contribution in [1.29, 1.82) is 0 Å². The fourth-order valence-corrected chi connectivity index (χ4v) is 1.81. The van der Waals surface area contributed by atoms with Crippen LogP contribution in [-0.4, -0.2) is 24.9 Å². The summed E-state index contributed by atoms with van der Waals surface area (Å²) in [4.78, 5) is 0. The van der Waals surface area contributed by atoms with Gasteiger partial charge >= 0.3 is 0 Å². The van der Waals surface area contributed by atoms with E-state index in [2.05, 4.69) is 0 Å². The molecule has 2 N–H and O–H groups in total. The number of rotatable bonds is 4. The average Bonchev–Trinajstić information content (AvgIpc) is 2.27. The van der Waals surface area contributed by atoms with E-state index in [1.54, 1.807) is 0 Å². The van der Waals surface area contributed by atoms with Crippen molar-refractivity contribution in [1.82, 2.24) is 0 Å². The molecular weight excluding hydrogens is 190 g/mol. The summed E-state index contributed by atoms with van der Waals surface area (Å²) in [6.07, 6.45) is 1.06. The first kappa shape index (κ1) is 10.5. The maximum atomic E-state index is 5.89. The Hall–Kier alpha value is -1.06. The molecule has 82 valence electrons. The smallest absolute Gasteiger partial charge is 0.140 e. The zero-order chi connectivity index (χ0) is 10.7. The molecule has 0 aliphatic heterocycles. The standard InChI is InChI=1S/C12H17NO2/c1-2-14-11-8-10(13)12(11)15-9-6-4-3-5-7-9/h3-7,10-12H,2,8,13H2,1H3/t10-,11+,12-/m0/s1. The second kappa shape index (κ2) is 4.64. The number of hydrogen-bond acceptors (Lipinski definition) is 3. The highest BCUT2D eigenvalue weighted by atomic mass is 16.5. The van der Waals surface area contributed by atoms with Crippen LogP contribution in [0.4, 0.5) is 0 Å². The van der Waals surface area contributed by atoms with E-state index in [0.29, 0.717) is 6.61 Å². The van der Waals surface area contributed by atoms with Gasteiger partial charge in [0.15, 0.2) is 0 Å². The third-order valence-electron chi connectivity index (χ3n) is 2.69. The Morgan fingerprint density at radius 1 is 1.33 bits per heavy atom. The molecule has 0 aromatic heterocycles. The summed E-state index contributed by atoms with van der Waals surface area (Å²) in [7, 11) is 0. The minimum absolute atomic E-state index is 0.00681. The fourth-order valence-electron chi connectivity index (χ4n) is 1.81. The van der Waals surface area contributed by atoms with E-state index in [1.165, 1.54) is 0 Å². The predicted octanol–water partition coefficient (Wildman–Crippen LogP) is 1.57. The van der Waals surface area contributed by atoms with Gasteiger partial charge in [-0.25, -0.2) is 0 Å². The topological polar surface area (TPSA) is 44.5 Å². The molecular formula is C12H17NO2. The van der Waals surface area contributed by atoms with Gasteiger partial charge in [0.05, 0.1) is 6.10 Å². The van der Waals surface area contributed by atoms with Gasteiger partial charge in [-0.1, -0.05) is 18.2 Å². The highest BCUT2D eigenvalue weighted by Gasteiger charge is 2.41. The van der Waals surface area contributed by atoms with Gasteiger partial charge < -0.3 is 15.2 Å². The molecule has 3 heteroatoms. The van der Waals surface area contributed by atoms with E-state index in [9.17, 15) is 0 Å². The van der Waals surface area contributed by atoms with E-state index in [4.69, 9.17) is 15.2 Å². The van der Waals surface area contributed by atoms with Gasteiger partial charge in [-0.15, -0.1) is 0 Å². The van der Waals surface area contributed by atoms with Crippen molar-refractivity contribution in [3.8, 4) is 5.75 Å². The van der Waals surface area contributed by atoms with E-state index in [1.807, 2.05) is 37.3 Å². The van der Waals surface area contributed by atoms with Gasteiger partial charge in [0.25, 0.3) is 0 Å². The zero-order valence-electron chi connectivity index (χ0n) is 8.93. The highest BCUT2D eigenvalue weighted by molar-refractivity contribution is 5.22. The molecule has 0 bridgehead atoms. The lowest BCUT2D eigenvalue weighted by Gasteiger charge is -2.41. The van der Waals surface area contributed by atoms with E-state index < -0.39 is 0 Å². The van der Waals surface area contributed by atoms with Crippen molar-refractivity contribution in [2.24, 2.45) is 5.73 Å². The summed E-state index contributed by atoms with van der Waals surface area (Å²) in [6.45, 7) is 2.70. The molecule has 15 heavy (non-hydrogen) atoms. The SMILES string of the molecule is CCO[C@@H]1C[C@H](N)[C@@H]1Oc1ccccc1. The maximum Gasteiger partial charge on any atom is 0.140 e. The summed E-state index contributed by atoms with van der Waals surface area (Å²) < 4.78 is 11.3. The molecule has 0 heterocycles. The molecule has 0 spiro atoms. The summed E-state index contributed by atoms with van der Waals surface area (Å²) in [6, 6.07) is 9.85. The van der Waals surface area contributed by atoms with Crippen LogP contribution in [0.1, 0.15) is 13.3 Å². The second-order valence-electron chi connectivity index (χ2n) is 3.79. The molecule has 1 aromatic rings. The first-order valence-corrected chi connectivity index (χ1v) is 5.40. The van der Waals surface area contributed by atoms with Gasteiger partial charge in [-0.05, 0) is 25.5 Å². The molecule has 1 fully saturated rings. The van der Waals surface area contributed by atoms with Crippen molar-refractivity contribution in [3.05, 3.63) is 30.3 Å². The minimum atomic E-state index is 0.00681. The minimum Gasteiger partial charge on any atom is -0.486 e. The number of benzene rings is 1. The first-order valence-electron chi connectivity index (χ1n) is 5.40. The Labute approximate surface area is 90.2 Å². The van der Waals surface area contributed by atoms with Crippen LogP contribution >= 0.6 is 0 Å². The Kier molecular flexibility index (Phi) is 3.23. The fraction of sp³-hybridized carbons (Fsp3) is 0.500. The summed E-state index contributed by atoms with van der Waals surface area (Å²) >= 11 is 0. The lowest BCUT2D eigenvalue weighted by molar-refractivity contribution is -0.0930. The van der Waals surface area contributed by atoms with Gasteiger partial charge in [0.2, 0.25) is 0 Å². The van der Waals surface area contributed by atoms with Crippen LogP contribution in [0.25, 0.3) is 0 Å². The molecule has 1 saturated carbocycles. The van der Waals surface area contributed by atoms with Crippen LogP contribution in [0.5, 0.6) is 5.75 Å². The number of ether oxygens (including phenoxy) is 2. The van der Waals surface area contributed by atoms with Crippen molar-refractivity contribution < 1.29 is 9.47 Å². The largest absolute Gasteiger partial charge is 0.486 e. The molecule has 0 radical (unpaired) electrons. The van der Waals surface area contributed by atoms with Crippen LogP contribution in [0.3, 0.4) is 0 Å². The van der Waals surface area contributed by atoms with Crippen molar-refractivity contribution in [2.45, 2.75) is 31.6 Å². The van der Waals surface area contributed by atoms with Gasteiger partial charge in [-0.2, -0.15) is 0 Å². The average molecular weight is 207 g/mol. The second-order valence-corrected chi connectivity index (χ2v) is 3.79. The molecule has 0 unspecified atom stereocenters. The van der Waals surface area contributed by atoms with Crippen LogP contribution in [0.2, 0.25) is 0 Å². The predicted molar refractivity (Wildman–Crippen MR) is 58.9 cm³/mol. The first-order chi connectivity index (χ1) is 7.31. The third kappa shape index (κ3) is 2.30. The monoisotopic (exact) mass is 207 g/mol. The molecule has 0 saturated heterocycles. The van der Waals surface area contributed by atoms with Crippen LogP contribution < -0.4 is 10.5 Å². The Bertz CT molecular complexity index is 300. The van der Waals surface area contributed by atoms with Crippen LogP contribution in [0.15, 0.2) is 30.3 Å². The van der Waals surface area contributed by atoms with E-state index >= 15 is 0 Å². The normalized spacial score (nSPS) is 29.6. The van der Waals surface area contributed by atoms with Crippen molar-refractivity contribution in [2.75, 3.05) is 6.61 Å². The van der Waals surface area contributed by atoms with Crippen LogP contribution in [-0.2, 0) is 4.74 Å². The van der Waals surface area contributed by atoms with E-state index in [0.717, 1.165) is 12.2 Å². The Morgan fingerprint density at radius 2 is 2.07 bits per heavy atom. The van der Waals surface area contributed by atoms with Crippen molar-refractivity contribution in [3.63, 3.8) is 0 Å². The number of hydrogen-bond donors (Lipinski definition) is 1. The lowest BCUT2D eigenvalue weighted by Crippen LogP contribution is -2.59. The van der Waals surface area contributed by atoms with Gasteiger partial charge in [0, 0.05) is 12.6 Å². The number of para-hydroxylation sites is 1. The summed E-state index contributed by atoms with van der Waals surface area (Å²) in [5.74, 6) is 0.863. The third-order valence-corrected chi connectivity index (χ3v) is 2.69. The Balaban J connectivity index is 1.93. The number of nitrogens with two attached hydrogens (primary N) is 1. The molecule has 1 aromatic carbocycles. The molecule has 1 aliphatic rings. The summed E-state index contributed by atoms with van der Waals surface area (Å²) in [5, 5.41) is 0. The Morgan fingerprint density at radius 3 is 2.67 bits per heavy atom. The molecule has 1 aliphatic carbocycles. The molecule has 3 atom stereocenters. The van der Waals surface area contributed by atoms with Crippen molar-refractivity contribution >= 4 is 0 Å². The molecule has 3 nitrogen and oxygen atoms in total. The van der Waals surface area contributed by atoms with Gasteiger partial charge in [-0.3, -0.25) is 0 Å².